The standard InChI is InChI=1S/C29H53N2O5/c1-26(2)18-22(19-27(3,4)30(26)9)35-24(32)16-14-12-10-11-13-15-17-25(33)36-23-20-28(5,6)31(34)29(7,8)21-23/h22-23H,10-21H2,1-9H3/q-1. The smallest absolute Gasteiger partial charge is 0.306 e. The molecule has 0 atom stereocenters. The van der Waals surface area contributed by atoms with E-state index in [0.29, 0.717) is 25.7 Å². The van der Waals surface area contributed by atoms with E-state index >= 15 is 0 Å². The maximum Gasteiger partial charge on any atom is 0.306 e. The number of carbonyl (C=O) groups is 2. The van der Waals surface area contributed by atoms with Gasteiger partial charge in [-0.25, -0.2) is 0 Å². The molecule has 7 heteroatoms. The molecule has 2 aliphatic rings. The van der Waals surface area contributed by atoms with Gasteiger partial charge in [0.15, 0.2) is 0 Å². The highest BCUT2D eigenvalue weighted by Gasteiger charge is 2.44. The Hall–Kier alpha value is -1.18. The number of ether oxygens (including phenoxy) is 2. The molecule has 2 aliphatic heterocycles. The number of nitrogens with zero attached hydrogens (tertiary/aromatic N) is 2. The van der Waals surface area contributed by atoms with E-state index in [0.717, 1.165) is 56.4 Å². The number of esters is 2. The Balaban J connectivity index is 1.54. The van der Waals surface area contributed by atoms with Gasteiger partial charge in [0.2, 0.25) is 0 Å². The first kappa shape index (κ1) is 31.0. The molecule has 2 fully saturated rings. The minimum Gasteiger partial charge on any atom is -0.784 e. The van der Waals surface area contributed by atoms with Crippen molar-refractivity contribution in [1.29, 1.82) is 0 Å². The number of rotatable bonds is 11. The van der Waals surface area contributed by atoms with Gasteiger partial charge in [0, 0.05) is 60.7 Å². The Bertz CT molecular complexity index is 648. The number of carbonyl (C=O) groups excluding carboxylic acids is 2. The molecule has 0 aromatic rings. The third kappa shape index (κ3) is 8.70. The minimum atomic E-state index is -0.528. The lowest BCUT2D eigenvalue weighted by Gasteiger charge is -2.59. The third-order valence-electron chi connectivity index (χ3n) is 8.43. The summed E-state index contributed by atoms with van der Waals surface area (Å²) < 4.78 is 11.6. The van der Waals surface area contributed by atoms with Gasteiger partial charge in [-0.1, -0.05) is 25.7 Å². The lowest BCUT2D eigenvalue weighted by atomic mass is 9.79. The molecule has 0 spiro atoms. The first-order valence-corrected chi connectivity index (χ1v) is 14.1. The summed E-state index contributed by atoms with van der Waals surface area (Å²) >= 11 is 0. The summed E-state index contributed by atoms with van der Waals surface area (Å²) in [5, 5.41) is 13.6. The topological polar surface area (TPSA) is 82.1 Å². The van der Waals surface area contributed by atoms with E-state index in [4.69, 9.17) is 9.47 Å². The molecular formula is C29H53N2O5-. The fraction of sp³-hybridized carbons (Fsp3) is 0.931. The van der Waals surface area contributed by atoms with Crippen LogP contribution in [0.15, 0.2) is 0 Å². The highest BCUT2D eigenvalue weighted by molar-refractivity contribution is 5.69. The molecule has 0 unspecified atom stereocenters. The molecule has 0 radical (unpaired) electrons. The maximum absolute atomic E-state index is 12.5. The van der Waals surface area contributed by atoms with E-state index in [1.54, 1.807) is 0 Å². The van der Waals surface area contributed by atoms with Crippen molar-refractivity contribution in [2.24, 2.45) is 0 Å². The van der Waals surface area contributed by atoms with E-state index in [1.807, 2.05) is 27.7 Å². The zero-order valence-electron chi connectivity index (χ0n) is 24.6. The Kier molecular flexibility index (Phi) is 10.5. The molecular weight excluding hydrogens is 456 g/mol. The van der Waals surface area contributed by atoms with Crippen LogP contribution < -0.4 is 0 Å². The molecule has 0 amide bonds. The highest BCUT2D eigenvalue weighted by Crippen LogP contribution is 2.39. The zero-order chi connectivity index (χ0) is 27.4. The van der Waals surface area contributed by atoms with Crippen molar-refractivity contribution in [3.63, 3.8) is 0 Å². The van der Waals surface area contributed by atoms with Crippen LogP contribution >= 0.6 is 0 Å². The molecule has 0 aromatic carbocycles. The SMILES string of the molecule is CN1C(C)(C)CC(OC(=O)CCCCCCCCC(=O)OC2CC(C)(C)N([O-])C(C)(C)C2)CC1(C)C. The summed E-state index contributed by atoms with van der Waals surface area (Å²) in [5.41, 5.74) is -1.03. The van der Waals surface area contributed by atoms with Crippen molar-refractivity contribution in [3.8, 4) is 0 Å². The minimum absolute atomic E-state index is 0.0107. The summed E-state index contributed by atoms with van der Waals surface area (Å²) in [6.07, 6.45) is 9.34. The van der Waals surface area contributed by atoms with Gasteiger partial charge in [-0.2, -0.15) is 0 Å². The van der Waals surface area contributed by atoms with Crippen LogP contribution in [0.2, 0.25) is 0 Å². The average Bonchev–Trinajstić information content (AvgIpc) is 2.71. The van der Waals surface area contributed by atoms with E-state index in [2.05, 4.69) is 39.6 Å². The normalized spacial score (nSPS) is 24.4. The molecule has 0 aliphatic carbocycles. The number of unbranched alkanes of at least 4 members (excludes halogenated alkanes) is 5. The number of piperidine rings is 2. The van der Waals surface area contributed by atoms with Crippen LogP contribution in [-0.4, -0.2) is 63.3 Å². The Morgan fingerprint density at radius 2 is 0.944 bits per heavy atom. The lowest BCUT2D eigenvalue weighted by Crippen LogP contribution is -2.60. The van der Waals surface area contributed by atoms with Crippen LogP contribution in [0.1, 0.15) is 132 Å². The Morgan fingerprint density at radius 3 is 1.31 bits per heavy atom. The molecule has 0 N–H and O–H groups in total. The van der Waals surface area contributed by atoms with Gasteiger partial charge in [-0.05, 0) is 75.3 Å². The first-order valence-electron chi connectivity index (χ1n) is 14.1. The van der Waals surface area contributed by atoms with Crippen LogP contribution in [0.4, 0.5) is 0 Å². The van der Waals surface area contributed by atoms with Crippen molar-refractivity contribution in [2.75, 3.05) is 7.05 Å². The molecule has 7 nitrogen and oxygen atoms in total. The van der Waals surface area contributed by atoms with E-state index in [1.165, 1.54) is 0 Å². The number of hydrogen-bond donors (Lipinski definition) is 0. The molecule has 210 valence electrons. The van der Waals surface area contributed by atoms with Crippen LogP contribution in [-0.2, 0) is 19.1 Å². The van der Waals surface area contributed by atoms with E-state index in [9.17, 15) is 14.8 Å². The van der Waals surface area contributed by atoms with Gasteiger partial charge in [0.25, 0.3) is 0 Å². The fourth-order valence-electron chi connectivity index (χ4n) is 6.35. The van der Waals surface area contributed by atoms with E-state index in [-0.39, 0.29) is 35.2 Å². The molecule has 0 bridgehead atoms. The second kappa shape index (κ2) is 12.1. The van der Waals surface area contributed by atoms with Crippen molar-refractivity contribution in [2.45, 2.75) is 167 Å². The van der Waals surface area contributed by atoms with Gasteiger partial charge < -0.3 is 19.7 Å². The zero-order valence-corrected chi connectivity index (χ0v) is 24.6. The Labute approximate surface area is 220 Å². The van der Waals surface area contributed by atoms with Crippen LogP contribution in [0, 0.1) is 5.21 Å². The van der Waals surface area contributed by atoms with E-state index < -0.39 is 11.1 Å². The number of hydroxylamine groups is 2. The van der Waals surface area contributed by atoms with Gasteiger partial charge in [0.05, 0.1) is 0 Å². The second-order valence-electron chi connectivity index (χ2n) is 13.8. The third-order valence-corrected chi connectivity index (χ3v) is 8.43. The highest BCUT2D eigenvalue weighted by atomic mass is 16.6. The van der Waals surface area contributed by atoms with Gasteiger partial charge in [-0.3, -0.25) is 14.5 Å². The summed E-state index contributed by atoms with van der Waals surface area (Å²) in [7, 11) is 2.15. The number of hydrogen-bond acceptors (Lipinski definition) is 7. The molecule has 36 heavy (non-hydrogen) atoms. The summed E-state index contributed by atoms with van der Waals surface area (Å²) in [5.74, 6) is -0.234. The molecule has 2 rings (SSSR count). The molecule has 2 heterocycles. The molecule has 0 saturated carbocycles. The molecule has 0 aromatic heterocycles. The quantitative estimate of drug-likeness (QED) is 0.236. The van der Waals surface area contributed by atoms with Crippen molar-refractivity contribution < 1.29 is 19.1 Å². The van der Waals surface area contributed by atoms with Gasteiger partial charge in [-0.15, -0.1) is 0 Å². The maximum atomic E-state index is 12.5. The predicted molar refractivity (Wildman–Crippen MR) is 144 cm³/mol. The van der Waals surface area contributed by atoms with Crippen LogP contribution in [0.5, 0.6) is 0 Å². The van der Waals surface area contributed by atoms with Crippen molar-refractivity contribution in [3.05, 3.63) is 5.21 Å². The van der Waals surface area contributed by atoms with Crippen LogP contribution in [0.3, 0.4) is 0 Å². The largest absolute Gasteiger partial charge is 0.784 e. The van der Waals surface area contributed by atoms with Gasteiger partial charge >= 0.3 is 11.9 Å². The predicted octanol–water partition coefficient (Wildman–Crippen LogP) is 6.36. The number of likely N-dealkylation sites (tertiary alicyclic amines) is 1. The summed E-state index contributed by atoms with van der Waals surface area (Å²) in [4.78, 5) is 27.1. The monoisotopic (exact) mass is 509 g/mol. The average molecular weight is 510 g/mol. The van der Waals surface area contributed by atoms with Gasteiger partial charge in [0.1, 0.15) is 12.2 Å². The van der Waals surface area contributed by atoms with Crippen molar-refractivity contribution in [1.82, 2.24) is 9.96 Å². The fourth-order valence-corrected chi connectivity index (χ4v) is 6.35. The van der Waals surface area contributed by atoms with Crippen LogP contribution in [0.25, 0.3) is 0 Å². The summed E-state index contributed by atoms with van der Waals surface area (Å²) in [6.45, 7) is 16.5. The summed E-state index contributed by atoms with van der Waals surface area (Å²) in [6, 6.07) is 0. The second-order valence-corrected chi connectivity index (χ2v) is 13.8. The lowest BCUT2D eigenvalue weighted by molar-refractivity contribution is -0.159. The molecule has 2 saturated heterocycles. The van der Waals surface area contributed by atoms with Crippen molar-refractivity contribution >= 4 is 11.9 Å². The first-order chi connectivity index (χ1) is 16.5. The Morgan fingerprint density at radius 1 is 0.639 bits per heavy atom.